The third-order valence-corrected chi connectivity index (χ3v) is 7.27. The van der Waals surface area contributed by atoms with Gasteiger partial charge in [0.2, 0.25) is 0 Å². The molecule has 1 fully saturated rings. The molecule has 1 aromatic carbocycles. The second kappa shape index (κ2) is 9.54. The SMILES string of the molecule is CC(C)c1cnn2c(NCc3nc4cc(C#N)ccc4s3)cc(NC[C@H]3CCNC[C@@H]3O)nc12. The van der Waals surface area contributed by atoms with Crippen molar-refractivity contribution >= 4 is 38.8 Å². The van der Waals surface area contributed by atoms with Crippen molar-refractivity contribution < 1.29 is 5.11 Å². The average Bonchev–Trinajstić information content (AvgIpc) is 3.45. The van der Waals surface area contributed by atoms with Crippen LogP contribution in [0.3, 0.4) is 0 Å². The van der Waals surface area contributed by atoms with Crippen LogP contribution in [0, 0.1) is 17.2 Å². The summed E-state index contributed by atoms with van der Waals surface area (Å²) < 4.78 is 2.89. The number of anilines is 2. The zero-order chi connectivity index (χ0) is 23.7. The molecule has 2 atom stereocenters. The summed E-state index contributed by atoms with van der Waals surface area (Å²) >= 11 is 1.61. The summed E-state index contributed by atoms with van der Waals surface area (Å²) in [6.07, 6.45) is 2.44. The van der Waals surface area contributed by atoms with Gasteiger partial charge in [-0.25, -0.2) is 9.97 Å². The lowest BCUT2D eigenvalue weighted by atomic mass is 9.95. The summed E-state index contributed by atoms with van der Waals surface area (Å²) in [4.78, 5) is 9.53. The molecule has 5 rings (SSSR count). The van der Waals surface area contributed by atoms with Crippen LogP contribution in [-0.2, 0) is 6.54 Å². The van der Waals surface area contributed by atoms with E-state index in [1.54, 1.807) is 11.3 Å². The van der Waals surface area contributed by atoms with E-state index >= 15 is 0 Å². The number of aliphatic hydroxyl groups excluding tert-OH is 1. The standard InChI is InChI=1S/C24H28N8OS/c1-14(2)17-11-29-32-22(28-13-23-30-18-7-15(9-25)3-4-20(18)34-23)8-21(31-24(17)32)27-10-16-5-6-26-12-19(16)33/h3-4,7-8,11,14,16,19,26,28,33H,5-6,10,12-13H2,1-2H3,(H,27,31)/t16-,19+/m1/s1. The van der Waals surface area contributed by atoms with E-state index < -0.39 is 0 Å². The van der Waals surface area contributed by atoms with Crippen molar-refractivity contribution in [1.29, 1.82) is 5.26 Å². The Kier molecular flexibility index (Phi) is 6.32. The van der Waals surface area contributed by atoms with Gasteiger partial charge in [-0.3, -0.25) is 0 Å². The van der Waals surface area contributed by atoms with Crippen LogP contribution in [0.2, 0.25) is 0 Å². The molecule has 10 heteroatoms. The number of hydrogen-bond acceptors (Lipinski definition) is 9. The largest absolute Gasteiger partial charge is 0.391 e. The van der Waals surface area contributed by atoms with E-state index in [0.717, 1.165) is 51.0 Å². The summed E-state index contributed by atoms with van der Waals surface area (Å²) in [5.41, 5.74) is 3.35. The predicted molar refractivity (Wildman–Crippen MR) is 134 cm³/mol. The number of thiazole rings is 1. The fourth-order valence-electron chi connectivity index (χ4n) is 4.26. The summed E-state index contributed by atoms with van der Waals surface area (Å²) in [6.45, 7) is 7.01. The molecule has 176 valence electrons. The fourth-order valence-corrected chi connectivity index (χ4v) is 5.15. The molecule has 0 aliphatic carbocycles. The molecular formula is C24H28N8OS. The maximum absolute atomic E-state index is 10.3. The van der Waals surface area contributed by atoms with E-state index in [1.807, 2.05) is 35.0 Å². The van der Waals surface area contributed by atoms with Gasteiger partial charge in [-0.2, -0.15) is 14.9 Å². The van der Waals surface area contributed by atoms with E-state index in [1.165, 1.54) is 0 Å². The maximum atomic E-state index is 10.3. The molecule has 1 saturated heterocycles. The number of rotatable bonds is 7. The summed E-state index contributed by atoms with van der Waals surface area (Å²) in [5.74, 6) is 2.05. The Labute approximate surface area is 201 Å². The van der Waals surface area contributed by atoms with E-state index in [0.29, 0.717) is 25.2 Å². The highest BCUT2D eigenvalue weighted by Gasteiger charge is 2.23. The van der Waals surface area contributed by atoms with Crippen LogP contribution < -0.4 is 16.0 Å². The van der Waals surface area contributed by atoms with Crippen molar-refractivity contribution in [3.8, 4) is 6.07 Å². The summed E-state index contributed by atoms with van der Waals surface area (Å²) in [5, 5.41) is 35.1. The first-order valence-corrected chi connectivity index (χ1v) is 12.4. The zero-order valence-corrected chi connectivity index (χ0v) is 20.1. The highest BCUT2D eigenvalue weighted by molar-refractivity contribution is 7.18. The van der Waals surface area contributed by atoms with Crippen molar-refractivity contribution in [2.75, 3.05) is 30.3 Å². The smallest absolute Gasteiger partial charge is 0.163 e. The van der Waals surface area contributed by atoms with Crippen LogP contribution in [0.25, 0.3) is 15.9 Å². The highest BCUT2D eigenvalue weighted by atomic mass is 32.1. The van der Waals surface area contributed by atoms with E-state index in [4.69, 9.17) is 10.2 Å². The van der Waals surface area contributed by atoms with E-state index in [-0.39, 0.29) is 17.9 Å². The monoisotopic (exact) mass is 476 g/mol. The van der Waals surface area contributed by atoms with Gasteiger partial charge in [-0.05, 0) is 37.1 Å². The number of β-amino-alcohol motifs (C(OH)–C–C–N with tert-alkyl or cyclic N) is 1. The third-order valence-electron chi connectivity index (χ3n) is 6.24. The molecule has 0 spiro atoms. The molecule has 0 bridgehead atoms. The molecule has 0 saturated carbocycles. The number of nitrogens with one attached hydrogen (secondary N) is 3. The van der Waals surface area contributed by atoms with E-state index in [9.17, 15) is 5.11 Å². The van der Waals surface area contributed by atoms with Gasteiger partial charge < -0.3 is 21.1 Å². The van der Waals surface area contributed by atoms with Crippen LogP contribution in [-0.4, -0.2) is 50.4 Å². The Morgan fingerprint density at radius 1 is 1.29 bits per heavy atom. The number of fused-ring (bicyclic) bond motifs is 2. The minimum Gasteiger partial charge on any atom is -0.391 e. The van der Waals surface area contributed by atoms with Gasteiger partial charge in [0.05, 0.1) is 40.7 Å². The molecule has 34 heavy (non-hydrogen) atoms. The Balaban J connectivity index is 1.40. The molecule has 3 aromatic heterocycles. The zero-order valence-electron chi connectivity index (χ0n) is 19.2. The summed E-state index contributed by atoms with van der Waals surface area (Å²) in [6, 6.07) is 9.70. The van der Waals surface area contributed by atoms with Crippen LogP contribution in [0.15, 0.2) is 30.5 Å². The normalized spacial score (nSPS) is 18.4. The Hall–Kier alpha value is -3.26. The lowest BCUT2D eigenvalue weighted by Crippen LogP contribution is -2.43. The molecule has 0 amide bonds. The van der Waals surface area contributed by atoms with Gasteiger partial charge in [0.1, 0.15) is 16.6 Å². The van der Waals surface area contributed by atoms with Crippen molar-refractivity contribution in [3.05, 3.63) is 46.6 Å². The first-order valence-electron chi connectivity index (χ1n) is 11.6. The lowest BCUT2D eigenvalue weighted by Gasteiger charge is -2.28. The molecule has 9 nitrogen and oxygen atoms in total. The van der Waals surface area contributed by atoms with Gasteiger partial charge in [0, 0.05) is 30.6 Å². The van der Waals surface area contributed by atoms with Crippen LogP contribution in [0.4, 0.5) is 11.6 Å². The molecule has 1 aliphatic rings. The molecular weight excluding hydrogens is 448 g/mol. The van der Waals surface area contributed by atoms with Crippen LogP contribution >= 0.6 is 11.3 Å². The number of piperidine rings is 1. The highest BCUT2D eigenvalue weighted by Crippen LogP contribution is 2.27. The minimum absolute atomic E-state index is 0.186. The second-order valence-corrected chi connectivity index (χ2v) is 10.1. The maximum Gasteiger partial charge on any atom is 0.163 e. The van der Waals surface area contributed by atoms with Crippen molar-refractivity contribution in [2.45, 2.75) is 38.8 Å². The number of aliphatic hydroxyl groups is 1. The molecule has 0 unspecified atom stereocenters. The number of nitriles is 1. The number of aromatic nitrogens is 4. The van der Waals surface area contributed by atoms with Gasteiger partial charge >= 0.3 is 0 Å². The lowest BCUT2D eigenvalue weighted by molar-refractivity contribution is 0.0883. The predicted octanol–water partition coefficient (Wildman–Crippen LogP) is 3.33. The van der Waals surface area contributed by atoms with Gasteiger partial charge in [0.15, 0.2) is 5.65 Å². The molecule has 4 heterocycles. The van der Waals surface area contributed by atoms with Gasteiger partial charge in [-0.15, -0.1) is 11.3 Å². The number of hydrogen-bond donors (Lipinski definition) is 4. The van der Waals surface area contributed by atoms with Crippen molar-refractivity contribution in [1.82, 2.24) is 24.9 Å². The third kappa shape index (κ3) is 4.55. The van der Waals surface area contributed by atoms with Gasteiger partial charge in [-0.1, -0.05) is 13.8 Å². The fraction of sp³-hybridized carbons (Fsp3) is 0.417. The number of benzene rings is 1. The Morgan fingerprint density at radius 2 is 2.18 bits per heavy atom. The Bertz CT molecular complexity index is 1350. The topological polar surface area (TPSA) is 123 Å². The number of nitrogens with zero attached hydrogens (tertiary/aromatic N) is 5. The summed E-state index contributed by atoms with van der Waals surface area (Å²) in [7, 11) is 0. The van der Waals surface area contributed by atoms with E-state index in [2.05, 4.69) is 45.9 Å². The van der Waals surface area contributed by atoms with Crippen molar-refractivity contribution in [2.24, 2.45) is 5.92 Å². The molecule has 4 aromatic rings. The van der Waals surface area contributed by atoms with Gasteiger partial charge in [0.25, 0.3) is 0 Å². The Morgan fingerprint density at radius 3 is 2.97 bits per heavy atom. The average molecular weight is 477 g/mol. The van der Waals surface area contributed by atoms with Crippen LogP contribution in [0.1, 0.15) is 42.3 Å². The minimum atomic E-state index is -0.357. The molecule has 1 aliphatic heterocycles. The quantitative estimate of drug-likeness (QED) is 0.320. The first-order chi connectivity index (χ1) is 16.5. The molecule has 4 N–H and O–H groups in total. The molecule has 0 radical (unpaired) electrons. The van der Waals surface area contributed by atoms with Crippen LogP contribution in [0.5, 0.6) is 0 Å². The second-order valence-electron chi connectivity index (χ2n) is 8.97. The first kappa shape index (κ1) is 22.5. The van der Waals surface area contributed by atoms with Crippen molar-refractivity contribution in [3.63, 3.8) is 0 Å².